The molecule has 0 rings (SSSR count). The zero-order chi connectivity index (χ0) is 10.5. The van der Waals surface area contributed by atoms with Gasteiger partial charge in [0, 0.05) is 19.8 Å². The van der Waals surface area contributed by atoms with E-state index in [2.05, 4.69) is 19.6 Å². The van der Waals surface area contributed by atoms with Crippen LogP contribution in [0.2, 0.25) is 25.7 Å². The smallest absolute Gasteiger partial charge is 0.332 e. The second kappa shape index (κ2) is 5.06. The van der Waals surface area contributed by atoms with Crippen LogP contribution in [0.4, 0.5) is 0 Å². The van der Waals surface area contributed by atoms with Gasteiger partial charge in [0.1, 0.15) is 0 Å². The number of carbonyl (C=O) groups excluding carboxylic acids is 1. The van der Waals surface area contributed by atoms with Crippen molar-refractivity contribution >= 4 is 14.0 Å². The Labute approximate surface area is 81.0 Å². The Morgan fingerprint density at radius 1 is 1.46 bits per heavy atom. The molecule has 0 aromatic carbocycles. The first-order chi connectivity index (χ1) is 5.81. The number of hydrogen-bond acceptors (Lipinski definition) is 3. The summed E-state index contributed by atoms with van der Waals surface area (Å²) in [6, 6.07) is 0.996. The third kappa shape index (κ3) is 9.14. The van der Waals surface area contributed by atoms with Crippen molar-refractivity contribution in [2.75, 3.05) is 6.61 Å². The molecule has 0 saturated heterocycles. The largest absolute Gasteiger partial charge is 0.463 e. The molecule has 0 aliphatic heterocycles. The van der Waals surface area contributed by atoms with Crippen LogP contribution in [0.5, 0.6) is 0 Å². The summed E-state index contributed by atoms with van der Waals surface area (Å²) >= 11 is 0. The summed E-state index contributed by atoms with van der Waals surface area (Å²) in [6.07, 6.45) is 1.31. The second-order valence-corrected chi connectivity index (χ2v) is 9.99. The van der Waals surface area contributed by atoms with Crippen LogP contribution in [-0.2, 0) is 9.53 Å². The van der Waals surface area contributed by atoms with Crippen molar-refractivity contribution in [2.45, 2.75) is 32.6 Å². The van der Waals surface area contributed by atoms with Crippen LogP contribution in [-0.4, -0.2) is 20.7 Å². The molecule has 4 heteroatoms. The van der Waals surface area contributed by atoms with Crippen LogP contribution in [0.1, 0.15) is 6.92 Å². The number of ether oxygens (including phenoxy) is 1. The molecule has 0 aliphatic rings. The number of nitrogens with two attached hydrogens (primary N) is 1. The first kappa shape index (κ1) is 12.2. The third-order valence-corrected chi connectivity index (χ3v) is 3.15. The number of allylic oxidation sites excluding steroid dienone is 1. The van der Waals surface area contributed by atoms with E-state index in [0.717, 1.165) is 6.04 Å². The van der Waals surface area contributed by atoms with E-state index in [4.69, 9.17) is 10.5 Å². The molecule has 0 bridgehead atoms. The highest BCUT2D eigenvalue weighted by atomic mass is 28.3. The SMILES string of the molecule is CC(N)=CC(=O)OCC[Si](C)(C)C. The molecule has 2 N–H and O–H groups in total. The summed E-state index contributed by atoms with van der Waals surface area (Å²) in [7, 11) is -1.09. The van der Waals surface area contributed by atoms with Gasteiger partial charge in [-0.25, -0.2) is 4.79 Å². The maximum absolute atomic E-state index is 11.0. The lowest BCUT2D eigenvalue weighted by Gasteiger charge is -2.14. The lowest BCUT2D eigenvalue weighted by molar-refractivity contribution is -0.137. The summed E-state index contributed by atoms with van der Waals surface area (Å²) in [5, 5.41) is 0. The van der Waals surface area contributed by atoms with Gasteiger partial charge in [-0.1, -0.05) is 19.6 Å². The molecular weight excluding hydrogens is 182 g/mol. The molecule has 0 aromatic heterocycles. The molecule has 0 amide bonds. The number of hydrogen-bond donors (Lipinski definition) is 1. The summed E-state index contributed by atoms with van der Waals surface area (Å²) in [5.74, 6) is -0.335. The Morgan fingerprint density at radius 3 is 2.38 bits per heavy atom. The van der Waals surface area contributed by atoms with E-state index in [1.807, 2.05) is 0 Å². The van der Waals surface area contributed by atoms with Gasteiger partial charge in [-0.2, -0.15) is 0 Å². The van der Waals surface area contributed by atoms with Gasteiger partial charge in [0.05, 0.1) is 6.61 Å². The summed E-state index contributed by atoms with van der Waals surface area (Å²) in [4.78, 5) is 11.0. The molecule has 13 heavy (non-hydrogen) atoms. The molecule has 0 fully saturated rings. The van der Waals surface area contributed by atoms with Gasteiger partial charge in [-0.05, 0) is 13.0 Å². The number of esters is 1. The summed E-state index contributed by atoms with van der Waals surface area (Å²) in [5.41, 5.74) is 5.80. The van der Waals surface area contributed by atoms with E-state index in [9.17, 15) is 4.79 Å². The second-order valence-electron chi connectivity index (χ2n) is 4.37. The lowest BCUT2D eigenvalue weighted by atomic mass is 10.4. The highest BCUT2D eigenvalue weighted by molar-refractivity contribution is 6.76. The van der Waals surface area contributed by atoms with Crippen LogP contribution in [0.25, 0.3) is 0 Å². The van der Waals surface area contributed by atoms with E-state index in [1.54, 1.807) is 6.92 Å². The fourth-order valence-corrected chi connectivity index (χ4v) is 1.40. The van der Waals surface area contributed by atoms with Gasteiger partial charge in [0.15, 0.2) is 0 Å². The molecule has 0 aliphatic carbocycles. The van der Waals surface area contributed by atoms with Gasteiger partial charge in [-0.3, -0.25) is 0 Å². The Hall–Kier alpha value is -0.773. The minimum atomic E-state index is -1.09. The fraction of sp³-hybridized carbons (Fsp3) is 0.667. The molecule has 0 spiro atoms. The average Bonchev–Trinajstić information content (AvgIpc) is 1.81. The Bertz CT molecular complexity index is 202. The first-order valence-corrected chi connectivity index (χ1v) is 8.12. The van der Waals surface area contributed by atoms with E-state index in [-0.39, 0.29) is 5.97 Å². The zero-order valence-corrected chi connectivity index (χ0v) is 9.89. The molecular formula is C9H19NO2Si. The van der Waals surface area contributed by atoms with Gasteiger partial charge < -0.3 is 10.5 Å². The van der Waals surface area contributed by atoms with Crippen LogP contribution in [0, 0.1) is 0 Å². The van der Waals surface area contributed by atoms with Gasteiger partial charge >= 0.3 is 5.97 Å². The number of carbonyl (C=O) groups is 1. The lowest BCUT2D eigenvalue weighted by Crippen LogP contribution is -2.22. The Kier molecular flexibility index (Phi) is 4.76. The fourth-order valence-electron chi connectivity index (χ4n) is 0.685. The standard InChI is InChI=1S/C9H19NO2Si/c1-8(10)7-9(11)12-5-6-13(2,3)4/h7H,5-6,10H2,1-4H3. The van der Waals surface area contributed by atoms with Gasteiger partial charge in [-0.15, -0.1) is 0 Å². The van der Waals surface area contributed by atoms with E-state index in [1.165, 1.54) is 6.08 Å². The van der Waals surface area contributed by atoms with Crippen molar-refractivity contribution in [1.82, 2.24) is 0 Å². The van der Waals surface area contributed by atoms with Crippen LogP contribution in [0.3, 0.4) is 0 Å². The van der Waals surface area contributed by atoms with Crippen molar-refractivity contribution in [3.63, 3.8) is 0 Å². The molecule has 76 valence electrons. The van der Waals surface area contributed by atoms with Crippen molar-refractivity contribution < 1.29 is 9.53 Å². The monoisotopic (exact) mass is 201 g/mol. The molecule has 0 unspecified atom stereocenters. The highest BCUT2D eigenvalue weighted by Crippen LogP contribution is 2.07. The maximum Gasteiger partial charge on any atom is 0.332 e. The quantitative estimate of drug-likeness (QED) is 0.428. The third-order valence-electron chi connectivity index (χ3n) is 1.44. The van der Waals surface area contributed by atoms with Crippen molar-refractivity contribution in [3.05, 3.63) is 11.8 Å². The normalized spacial score (nSPS) is 12.8. The molecule has 0 radical (unpaired) electrons. The minimum Gasteiger partial charge on any atom is -0.463 e. The van der Waals surface area contributed by atoms with Gasteiger partial charge in [0.2, 0.25) is 0 Å². The Morgan fingerprint density at radius 2 is 2.00 bits per heavy atom. The predicted molar refractivity (Wildman–Crippen MR) is 57.1 cm³/mol. The zero-order valence-electron chi connectivity index (χ0n) is 8.89. The maximum atomic E-state index is 11.0. The van der Waals surface area contributed by atoms with Crippen molar-refractivity contribution in [3.8, 4) is 0 Å². The topological polar surface area (TPSA) is 52.3 Å². The average molecular weight is 201 g/mol. The molecule has 0 heterocycles. The van der Waals surface area contributed by atoms with E-state index in [0.29, 0.717) is 12.3 Å². The Balaban J connectivity index is 3.67. The van der Waals surface area contributed by atoms with Crippen LogP contribution >= 0.6 is 0 Å². The number of rotatable bonds is 4. The van der Waals surface area contributed by atoms with E-state index < -0.39 is 8.07 Å². The van der Waals surface area contributed by atoms with Crippen molar-refractivity contribution in [2.24, 2.45) is 5.73 Å². The molecule has 0 atom stereocenters. The van der Waals surface area contributed by atoms with Gasteiger partial charge in [0.25, 0.3) is 0 Å². The van der Waals surface area contributed by atoms with E-state index >= 15 is 0 Å². The molecule has 0 aromatic rings. The predicted octanol–water partition coefficient (Wildman–Crippen LogP) is 1.73. The first-order valence-electron chi connectivity index (χ1n) is 4.42. The minimum absolute atomic E-state index is 0.335. The van der Waals surface area contributed by atoms with Crippen LogP contribution in [0.15, 0.2) is 11.8 Å². The highest BCUT2D eigenvalue weighted by Gasteiger charge is 2.13. The molecule has 3 nitrogen and oxygen atoms in total. The summed E-state index contributed by atoms with van der Waals surface area (Å²) < 4.78 is 4.97. The van der Waals surface area contributed by atoms with Crippen molar-refractivity contribution in [1.29, 1.82) is 0 Å². The summed E-state index contributed by atoms with van der Waals surface area (Å²) in [6.45, 7) is 8.90. The molecule has 0 saturated carbocycles. The van der Waals surface area contributed by atoms with Crippen LogP contribution < -0.4 is 5.73 Å².